The maximum absolute atomic E-state index is 14.5. The molecule has 1 aromatic rings. The van der Waals surface area contributed by atoms with Gasteiger partial charge in [-0.3, -0.25) is 28.0 Å². The molecule has 0 radical (unpaired) electrons. The van der Waals surface area contributed by atoms with E-state index in [0.717, 1.165) is 10.5 Å². The number of fused-ring (bicyclic) bond motifs is 3. The Hall–Kier alpha value is -3.22. The topological polar surface area (TPSA) is 203 Å². The van der Waals surface area contributed by atoms with Gasteiger partial charge in [-0.15, -0.1) is 0 Å². The van der Waals surface area contributed by atoms with Crippen molar-refractivity contribution in [3.63, 3.8) is 0 Å². The highest BCUT2D eigenvalue weighted by molar-refractivity contribution is 7.48. The number of methoxy groups -OCH3 is 3. The maximum Gasteiger partial charge on any atom is 0.475 e. The number of amides is 1. The van der Waals surface area contributed by atoms with E-state index in [9.17, 15) is 38.3 Å². The molecule has 1 saturated carbocycles. The number of cyclic esters (lactones) is 1. The number of hydrogen-bond donors (Lipinski definition) is 2. The highest BCUT2D eigenvalue weighted by Gasteiger charge is 2.56. The number of aliphatic hydroxyl groups excluding tert-OH is 1. The van der Waals surface area contributed by atoms with E-state index in [-0.39, 0.29) is 50.0 Å². The zero-order chi connectivity index (χ0) is 50.8. The number of ketones is 2. The number of nitrogens with zero attached hydrogens (tertiary/aromatic N) is 1. The molecule has 5 rings (SSSR count). The predicted molar refractivity (Wildman–Crippen MR) is 253 cm³/mol. The highest BCUT2D eigenvalue weighted by Crippen LogP contribution is 2.53. The first kappa shape index (κ1) is 56.7. The molecule has 2 N–H and O–H groups in total. The van der Waals surface area contributed by atoms with E-state index < -0.39 is 104 Å². The van der Waals surface area contributed by atoms with Crippen LogP contribution in [0.3, 0.4) is 0 Å². The summed E-state index contributed by atoms with van der Waals surface area (Å²) in [4.78, 5) is 58.4. The van der Waals surface area contributed by atoms with Gasteiger partial charge in [0.25, 0.3) is 11.7 Å². The van der Waals surface area contributed by atoms with Crippen molar-refractivity contribution in [2.24, 2.45) is 29.6 Å². The van der Waals surface area contributed by atoms with Gasteiger partial charge in [-0.1, -0.05) is 57.6 Å². The van der Waals surface area contributed by atoms with Gasteiger partial charge in [0.2, 0.25) is 5.79 Å². The second-order valence-corrected chi connectivity index (χ2v) is 21.5. The standard InChI is InChI=1S/C51H77FNO15P/c1-11-37-23-30(2)22-31(3)24-44(62-8)47-45(63-9)26-33(5)51(59,67-47)48(56)49(57)53-21-13-12-14-39(53)50(58)66-46(34(6)40(54)28-41(37)55)32(4)25-36-17-20-42(43(27-36)61-7)68-69(60,64-10)65-29-35-15-18-38(52)19-16-35/h15-16,18-19,23,25,31,33-34,36-37,39-40,42-47,54,59H,11-14,17,20-22,24,26-29H2,1-10H3/b30-23+,32-25+/t31-,33+,34+,36-,37+,39-,40?,42+,43+,44-,45-,46+,47+,51+,69?/m0/s1. The molecular weight excluding hydrogens is 917 g/mol. The number of carbonyl (C=O) groups excluding carboxylic acids is 4. The highest BCUT2D eigenvalue weighted by atomic mass is 31.2. The van der Waals surface area contributed by atoms with E-state index in [2.05, 4.69) is 0 Å². The summed E-state index contributed by atoms with van der Waals surface area (Å²) in [5, 5.41) is 24.0. The fourth-order valence-corrected chi connectivity index (χ4v) is 11.7. The number of aliphatic hydroxyl groups is 2. The van der Waals surface area contributed by atoms with Gasteiger partial charge in [-0.05, 0) is 113 Å². The first-order valence-electron chi connectivity index (χ1n) is 24.5. The first-order valence-corrected chi connectivity index (χ1v) is 26.0. The van der Waals surface area contributed by atoms with E-state index in [0.29, 0.717) is 62.5 Å². The van der Waals surface area contributed by atoms with Crippen LogP contribution in [-0.4, -0.2) is 128 Å². The van der Waals surface area contributed by atoms with Crippen molar-refractivity contribution in [2.75, 3.05) is 35.0 Å². The van der Waals surface area contributed by atoms with Crippen LogP contribution in [0.1, 0.15) is 118 Å². The number of phosphoric ester groups is 1. The molecule has 0 aromatic heterocycles. The van der Waals surface area contributed by atoms with Crippen molar-refractivity contribution in [2.45, 2.75) is 173 Å². The van der Waals surface area contributed by atoms with Crippen LogP contribution in [0.5, 0.6) is 0 Å². The molecule has 15 atom stereocenters. The average Bonchev–Trinajstić information content (AvgIpc) is 3.33. The Morgan fingerprint density at radius 2 is 1.58 bits per heavy atom. The minimum Gasteiger partial charge on any atom is -0.456 e. The molecule has 18 heteroatoms. The van der Waals surface area contributed by atoms with E-state index in [4.69, 9.17) is 37.3 Å². The fraction of sp³-hybridized carbons (Fsp3) is 0.725. The number of hydrogen-bond acceptors (Lipinski definition) is 15. The largest absolute Gasteiger partial charge is 0.475 e. The lowest BCUT2D eigenvalue weighted by atomic mass is 9.81. The third-order valence-electron chi connectivity index (χ3n) is 14.7. The van der Waals surface area contributed by atoms with Gasteiger partial charge in [0.15, 0.2) is 0 Å². The number of ether oxygens (including phenoxy) is 5. The minimum atomic E-state index is -4.08. The summed E-state index contributed by atoms with van der Waals surface area (Å²) in [5.74, 6) is -8.53. The molecule has 1 aliphatic carbocycles. The van der Waals surface area contributed by atoms with Crippen LogP contribution in [0.2, 0.25) is 0 Å². The third kappa shape index (κ3) is 14.3. The summed E-state index contributed by atoms with van der Waals surface area (Å²) < 4.78 is 74.0. The maximum atomic E-state index is 14.5. The van der Waals surface area contributed by atoms with Crippen LogP contribution < -0.4 is 0 Å². The number of rotatable bonds is 12. The summed E-state index contributed by atoms with van der Waals surface area (Å²) >= 11 is 0. The number of Topliss-reactive ketones (excluding diaryl/α,β-unsaturated/α-hetero) is 2. The van der Waals surface area contributed by atoms with Gasteiger partial charge in [-0.2, -0.15) is 0 Å². The molecule has 3 aliphatic heterocycles. The molecule has 0 spiro atoms. The van der Waals surface area contributed by atoms with Crippen LogP contribution in [0.4, 0.5) is 4.39 Å². The fourth-order valence-electron chi connectivity index (χ4n) is 10.5. The van der Waals surface area contributed by atoms with Crippen molar-refractivity contribution in [3.8, 4) is 0 Å². The number of piperidine rings is 1. The molecule has 4 aliphatic rings. The molecular formula is C51H77FNO15P. The zero-order valence-corrected chi connectivity index (χ0v) is 43.0. The van der Waals surface area contributed by atoms with Crippen LogP contribution >= 0.6 is 7.82 Å². The zero-order valence-electron chi connectivity index (χ0n) is 42.1. The van der Waals surface area contributed by atoms with Crippen molar-refractivity contribution >= 4 is 31.3 Å². The molecule has 2 saturated heterocycles. The lowest BCUT2D eigenvalue weighted by Crippen LogP contribution is -2.64. The molecule has 2 unspecified atom stereocenters. The van der Waals surface area contributed by atoms with Gasteiger partial charge in [0, 0.05) is 59.2 Å². The summed E-state index contributed by atoms with van der Waals surface area (Å²) in [7, 11) is 1.69. The average molecular weight is 994 g/mol. The Labute approximate surface area is 407 Å². The van der Waals surface area contributed by atoms with E-state index in [1.54, 1.807) is 20.8 Å². The quantitative estimate of drug-likeness (QED) is 0.0896. The lowest BCUT2D eigenvalue weighted by molar-refractivity contribution is -0.302. The van der Waals surface area contributed by atoms with Crippen LogP contribution in [-0.2, 0) is 67.6 Å². The van der Waals surface area contributed by atoms with Gasteiger partial charge in [-0.25, -0.2) is 13.8 Å². The predicted octanol–water partition coefficient (Wildman–Crippen LogP) is 7.61. The molecule has 1 aromatic carbocycles. The summed E-state index contributed by atoms with van der Waals surface area (Å²) in [6.07, 6.45) is 2.22. The number of phosphoric acid groups is 1. The van der Waals surface area contributed by atoms with Crippen LogP contribution in [0.15, 0.2) is 47.6 Å². The smallest absolute Gasteiger partial charge is 0.456 e. The van der Waals surface area contributed by atoms with Gasteiger partial charge in [0.1, 0.15) is 29.9 Å². The van der Waals surface area contributed by atoms with E-state index in [1.807, 2.05) is 32.9 Å². The van der Waals surface area contributed by atoms with Gasteiger partial charge in [0.05, 0.1) is 37.1 Å². The third-order valence-corrected chi connectivity index (χ3v) is 16.1. The molecule has 16 nitrogen and oxygen atoms in total. The Morgan fingerprint density at radius 3 is 2.22 bits per heavy atom. The summed E-state index contributed by atoms with van der Waals surface area (Å²) in [6, 6.07) is 4.35. The lowest BCUT2D eigenvalue weighted by Gasteiger charge is -2.47. The SMILES string of the molecule is CC[C@@H]1/C=C(\C)C[C@H](C)C[C@H](OC)[C@H]2O[C@@](O)(C(=O)C(=O)N3CCCC[C@H]3C(=O)O[C@H](/C(C)=C/[C@@H]3CC[C@@H](OP(=O)(OC)OCc4ccc(F)cc4)[C@H](OC)C3)[C@H](C)C(O)CC1=O)[C@H](C)C[C@@H]2OC. The van der Waals surface area contributed by atoms with Gasteiger partial charge < -0.3 is 38.8 Å². The van der Waals surface area contributed by atoms with E-state index >= 15 is 0 Å². The Bertz CT molecular complexity index is 2020. The number of allylic oxidation sites excluding steroid dienone is 3. The normalized spacial score (nSPS) is 36.9. The Balaban J connectivity index is 1.45. The second-order valence-electron chi connectivity index (χ2n) is 19.8. The molecule has 3 heterocycles. The molecule has 3 fully saturated rings. The Morgan fingerprint density at radius 1 is 0.913 bits per heavy atom. The second kappa shape index (κ2) is 25.4. The molecule has 2 bridgehead atoms. The van der Waals surface area contributed by atoms with Crippen molar-refractivity contribution in [3.05, 3.63) is 58.9 Å². The van der Waals surface area contributed by atoms with Gasteiger partial charge >= 0.3 is 13.8 Å². The number of benzene rings is 1. The monoisotopic (exact) mass is 994 g/mol. The number of carbonyl (C=O) groups is 4. The van der Waals surface area contributed by atoms with E-state index in [1.165, 1.54) is 52.7 Å². The molecule has 1 amide bonds. The number of esters is 1. The van der Waals surface area contributed by atoms with Crippen LogP contribution in [0.25, 0.3) is 0 Å². The van der Waals surface area contributed by atoms with Crippen molar-refractivity contribution in [1.82, 2.24) is 4.90 Å². The summed E-state index contributed by atoms with van der Waals surface area (Å²) in [5.41, 5.74) is 2.11. The van der Waals surface area contributed by atoms with Crippen molar-refractivity contribution < 1.29 is 75.6 Å². The minimum absolute atomic E-state index is 0.000858. The van der Waals surface area contributed by atoms with Crippen molar-refractivity contribution in [1.29, 1.82) is 0 Å². The van der Waals surface area contributed by atoms with Crippen LogP contribution in [0, 0.1) is 35.4 Å². The number of halogens is 1. The summed E-state index contributed by atoms with van der Waals surface area (Å²) in [6.45, 7) is 10.9. The Kier molecular flexibility index (Phi) is 20.9. The molecule has 69 heavy (non-hydrogen) atoms. The molecule has 388 valence electrons. The first-order chi connectivity index (χ1) is 32.7.